The molecule has 1 amide bonds. The number of aromatic amines is 2. The minimum Gasteiger partial charge on any atom is -0.342 e. The highest BCUT2D eigenvalue weighted by molar-refractivity contribution is 6.02. The molecule has 0 fully saturated rings. The number of amides is 1. The molecule has 0 saturated carbocycles. The van der Waals surface area contributed by atoms with Crippen LogP contribution in [0.2, 0.25) is 0 Å². The van der Waals surface area contributed by atoms with Crippen molar-refractivity contribution < 1.29 is 9.59 Å². The Bertz CT molecular complexity index is 1210. The lowest BCUT2D eigenvalue weighted by Gasteiger charge is -2.30. The number of ketones is 1. The van der Waals surface area contributed by atoms with E-state index in [1.54, 1.807) is 7.05 Å². The monoisotopic (exact) mass is 432 g/mol. The van der Waals surface area contributed by atoms with Crippen molar-refractivity contribution in [3.05, 3.63) is 75.3 Å². The fourth-order valence-electron chi connectivity index (χ4n) is 4.25. The first-order valence-electron chi connectivity index (χ1n) is 10.9. The van der Waals surface area contributed by atoms with Crippen LogP contribution in [-0.2, 0) is 12.8 Å². The number of H-pyrrole nitrogens is 2. The number of fused-ring (bicyclic) bond motifs is 1. The van der Waals surface area contributed by atoms with Gasteiger partial charge in [-0.25, -0.2) is 0 Å². The van der Waals surface area contributed by atoms with Gasteiger partial charge in [-0.05, 0) is 36.8 Å². The highest BCUT2D eigenvalue weighted by Crippen LogP contribution is 2.33. The zero-order valence-corrected chi connectivity index (χ0v) is 18.7. The summed E-state index contributed by atoms with van der Waals surface area (Å²) in [6.07, 6.45) is 2.47. The van der Waals surface area contributed by atoms with E-state index < -0.39 is 5.56 Å². The normalized spacial score (nSPS) is 14.8. The largest absolute Gasteiger partial charge is 0.342 e. The summed E-state index contributed by atoms with van der Waals surface area (Å²) in [6.45, 7) is 4.49. The van der Waals surface area contributed by atoms with Crippen molar-refractivity contribution in [2.45, 2.75) is 39.5 Å². The molecular formula is C25H28N4O3. The first-order chi connectivity index (χ1) is 15.2. The lowest BCUT2D eigenvalue weighted by atomic mass is 9.75. The predicted molar refractivity (Wildman–Crippen MR) is 123 cm³/mol. The molecule has 0 bridgehead atoms. The van der Waals surface area contributed by atoms with Gasteiger partial charge in [-0.15, -0.1) is 0 Å². The van der Waals surface area contributed by atoms with Crippen LogP contribution in [0.1, 0.15) is 58.8 Å². The molecule has 166 valence electrons. The molecule has 1 aliphatic rings. The number of nitrogens with one attached hydrogen (secondary N) is 2. The number of pyridine rings is 1. The molecule has 2 aromatic heterocycles. The molecule has 32 heavy (non-hydrogen) atoms. The van der Waals surface area contributed by atoms with E-state index in [9.17, 15) is 14.4 Å². The number of carbonyl (C=O) groups is 2. The van der Waals surface area contributed by atoms with Gasteiger partial charge >= 0.3 is 0 Å². The Morgan fingerprint density at radius 2 is 1.88 bits per heavy atom. The van der Waals surface area contributed by atoms with Gasteiger partial charge in [0.2, 0.25) is 0 Å². The van der Waals surface area contributed by atoms with Crippen molar-refractivity contribution in [1.82, 2.24) is 20.1 Å². The third-order valence-electron chi connectivity index (χ3n) is 5.93. The van der Waals surface area contributed by atoms with Crippen LogP contribution in [0, 0.1) is 5.41 Å². The summed E-state index contributed by atoms with van der Waals surface area (Å²) in [6, 6.07) is 13.4. The Kier molecular flexibility index (Phi) is 5.82. The molecule has 2 N–H and O–H groups in total. The molecule has 0 unspecified atom stereocenters. The van der Waals surface area contributed by atoms with E-state index in [0.717, 1.165) is 23.4 Å². The van der Waals surface area contributed by atoms with Crippen LogP contribution in [-0.4, -0.2) is 45.4 Å². The maximum absolute atomic E-state index is 12.9. The number of Topliss-reactive ketones (excluding diaryl/α,β-unsaturated/α-hetero) is 1. The average molecular weight is 433 g/mol. The van der Waals surface area contributed by atoms with Crippen LogP contribution in [0.3, 0.4) is 0 Å². The number of aromatic nitrogens is 3. The number of carbonyl (C=O) groups excluding carboxylic acids is 2. The second kappa shape index (κ2) is 8.57. The first kappa shape index (κ1) is 21.7. The number of rotatable bonds is 6. The Morgan fingerprint density at radius 1 is 1.12 bits per heavy atom. The summed E-state index contributed by atoms with van der Waals surface area (Å²) in [5, 5.41) is 7.40. The van der Waals surface area contributed by atoms with Crippen molar-refractivity contribution in [2.24, 2.45) is 5.41 Å². The summed E-state index contributed by atoms with van der Waals surface area (Å²) in [5.41, 5.74) is 3.41. The number of aryl methyl sites for hydroxylation is 1. The van der Waals surface area contributed by atoms with Gasteiger partial charge in [0.15, 0.2) is 5.78 Å². The second-order valence-electron chi connectivity index (χ2n) is 9.32. The van der Waals surface area contributed by atoms with Crippen molar-refractivity contribution in [1.29, 1.82) is 0 Å². The molecular weight excluding hydrogens is 404 g/mol. The highest BCUT2D eigenvalue weighted by atomic mass is 16.2. The van der Waals surface area contributed by atoms with Crippen molar-refractivity contribution in [3.8, 4) is 11.3 Å². The lowest BCUT2D eigenvalue weighted by molar-refractivity contribution is 0.0791. The molecule has 4 rings (SSSR count). The van der Waals surface area contributed by atoms with Crippen molar-refractivity contribution >= 4 is 11.7 Å². The van der Waals surface area contributed by atoms with E-state index in [4.69, 9.17) is 0 Å². The van der Waals surface area contributed by atoms with E-state index in [1.807, 2.05) is 50.2 Å². The van der Waals surface area contributed by atoms with Crippen LogP contribution in [0.4, 0.5) is 0 Å². The topological polar surface area (TPSA) is 98.9 Å². The fourth-order valence-corrected chi connectivity index (χ4v) is 4.25. The summed E-state index contributed by atoms with van der Waals surface area (Å²) >= 11 is 0. The van der Waals surface area contributed by atoms with Gasteiger partial charge in [-0.1, -0.05) is 44.2 Å². The zero-order chi connectivity index (χ0) is 22.9. The van der Waals surface area contributed by atoms with Gasteiger partial charge in [-0.3, -0.25) is 19.5 Å². The van der Waals surface area contributed by atoms with Crippen LogP contribution in [0.15, 0.2) is 47.3 Å². The molecule has 0 aliphatic heterocycles. The van der Waals surface area contributed by atoms with Crippen LogP contribution < -0.4 is 5.56 Å². The van der Waals surface area contributed by atoms with Gasteiger partial charge in [0.1, 0.15) is 5.56 Å². The summed E-state index contributed by atoms with van der Waals surface area (Å²) < 4.78 is 0. The number of benzene rings is 1. The molecule has 1 aromatic carbocycles. The van der Waals surface area contributed by atoms with Gasteiger partial charge < -0.3 is 9.88 Å². The number of nitrogens with zero attached hydrogens (tertiary/aromatic N) is 2. The summed E-state index contributed by atoms with van der Waals surface area (Å²) in [7, 11) is 1.68. The zero-order valence-electron chi connectivity index (χ0n) is 18.7. The fraction of sp³-hybridized carbons (Fsp3) is 0.360. The molecule has 0 atom stereocenters. The molecule has 3 aromatic rings. The Balaban J connectivity index is 1.39. The average Bonchev–Trinajstić information content (AvgIpc) is 3.21. The van der Waals surface area contributed by atoms with E-state index >= 15 is 0 Å². The molecule has 1 aliphatic carbocycles. The summed E-state index contributed by atoms with van der Waals surface area (Å²) in [5.74, 6) is -0.404. The quantitative estimate of drug-likeness (QED) is 0.621. The minimum atomic E-state index is -0.438. The van der Waals surface area contributed by atoms with Crippen molar-refractivity contribution in [2.75, 3.05) is 13.6 Å². The molecule has 0 radical (unpaired) electrons. The first-order valence-corrected chi connectivity index (χ1v) is 10.9. The number of hydrogen-bond donors (Lipinski definition) is 2. The maximum atomic E-state index is 12.9. The molecule has 2 heterocycles. The molecule has 7 heteroatoms. The van der Waals surface area contributed by atoms with Gasteiger partial charge in [0, 0.05) is 42.5 Å². The highest BCUT2D eigenvalue weighted by Gasteiger charge is 2.33. The van der Waals surface area contributed by atoms with Crippen LogP contribution >= 0.6 is 0 Å². The third kappa shape index (κ3) is 4.56. The molecule has 7 nitrogen and oxygen atoms in total. The summed E-state index contributed by atoms with van der Waals surface area (Å²) in [4.78, 5) is 42.3. The molecule has 0 spiro atoms. The second-order valence-corrected chi connectivity index (χ2v) is 9.32. The van der Waals surface area contributed by atoms with Crippen LogP contribution in [0.5, 0.6) is 0 Å². The van der Waals surface area contributed by atoms with Gasteiger partial charge in [-0.2, -0.15) is 5.10 Å². The van der Waals surface area contributed by atoms with E-state index in [-0.39, 0.29) is 22.7 Å². The number of hydrogen-bond acceptors (Lipinski definition) is 4. The standard InChI is InChI=1S/C25H28N4O3/c1-25(2)14-21-18(22(30)15-25)13-19(23(31)26-21)24(32)29(3)11-7-10-17-12-20(28-27-17)16-8-5-4-6-9-16/h4-6,8-9,12-13H,7,10-11,14-15H2,1-3H3,(H,26,31)(H,27,28). The van der Waals surface area contributed by atoms with Crippen LogP contribution in [0.25, 0.3) is 11.3 Å². The minimum absolute atomic E-state index is 0.0206. The SMILES string of the molecule is CN(CCCc1cc(-c2ccccc2)n[nH]1)C(=O)c1cc2c([nH]c1=O)CC(C)(C)CC2=O. The van der Waals surface area contributed by atoms with Crippen molar-refractivity contribution in [3.63, 3.8) is 0 Å². The predicted octanol–water partition coefficient (Wildman–Crippen LogP) is 3.62. The van der Waals surface area contributed by atoms with Gasteiger partial charge in [0.25, 0.3) is 11.5 Å². The van der Waals surface area contributed by atoms with E-state index in [0.29, 0.717) is 37.1 Å². The Morgan fingerprint density at radius 3 is 2.62 bits per heavy atom. The Hall–Kier alpha value is -3.48. The van der Waals surface area contributed by atoms with Gasteiger partial charge in [0.05, 0.1) is 5.69 Å². The Labute approximate surface area is 186 Å². The molecule has 0 saturated heterocycles. The lowest BCUT2D eigenvalue weighted by Crippen LogP contribution is -2.36. The third-order valence-corrected chi connectivity index (χ3v) is 5.93. The maximum Gasteiger partial charge on any atom is 0.261 e. The smallest absolute Gasteiger partial charge is 0.261 e. The van der Waals surface area contributed by atoms with E-state index in [1.165, 1.54) is 11.0 Å². The van der Waals surface area contributed by atoms with E-state index in [2.05, 4.69) is 15.2 Å².